The zero-order valence-corrected chi connectivity index (χ0v) is 9.62. The molecule has 0 aliphatic rings. The molecule has 88 valence electrons. The first-order chi connectivity index (χ1) is 8.36. The molecule has 0 saturated carbocycles. The molecule has 2 N–H and O–H groups in total. The maximum atomic E-state index is 6.05. The van der Waals surface area contributed by atoms with E-state index in [9.17, 15) is 0 Å². The number of hydrogen-bond donors (Lipinski definition) is 1. The third-order valence-electron chi connectivity index (χ3n) is 2.58. The fourth-order valence-corrected chi connectivity index (χ4v) is 1.60. The van der Waals surface area contributed by atoms with Crippen molar-refractivity contribution in [1.82, 2.24) is 4.98 Å². The monoisotopic (exact) mass is 228 g/mol. The fourth-order valence-electron chi connectivity index (χ4n) is 1.60. The molecule has 0 spiro atoms. The molecule has 1 aromatic carbocycles. The van der Waals surface area contributed by atoms with Crippen LogP contribution in [0.2, 0.25) is 0 Å². The molecule has 17 heavy (non-hydrogen) atoms. The molecule has 2 aromatic rings. The standard InChI is InChI=1S/C14H16N2O/c15-14(12-6-9-16-10-7-12)8-11-17-13-4-2-1-3-5-13/h1-7,9-10,14H,8,11,15H2. The van der Waals surface area contributed by atoms with Crippen LogP contribution >= 0.6 is 0 Å². The van der Waals surface area contributed by atoms with E-state index in [4.69, 9.17) is 10.5 Å². The second-order valence-corrected chi connectivity index (χ2v) is 3.84. The van der Waals surface area contributed by atoms with Gasteiger partial charge >= 0.3 is 0 Å². The lowest BCUT2D eigenvalue weighted by molar-refractivity contribution is 0.298. The molecule has 0 bridgehead atoms. The summed E-state index contributed by atoms with van der Waals surface area (Å²) in [7, 11) is 0. The predicted octanol–water partition coefficient (Wildman–Crippen LogP) is 2.55. The summed E-state index contributed by atoms with van der Waals surface area (Å²) in [6, 6.07) is 13.6. The molecular formula is C14H16N2O. The Morgan fingerprint density at radius 3 is 2.47 bits per heavy atom. The van der Waals surface area contributed by atoms with Crippen LogP contribution in [0.3, 0.4) is 0 Å². The van der Waals surface area contributed by atoms with Gasteiger partial charge in [0.25, 0.3) is 0 Å². The van der Waals surface area contributed by atoms with Crippen LogP contribution in [0.4, 0.5) is 0 Å². The van der Waals surface area contributed by atoms with E-state index in [1.165, 1.54) is 0 Å². The van der Waals surface area contributed by atoms with Crippen molar-refractivity contribution in [3.05, 3.63) is 60.4 Å². The normalized spacial score (nSPS) is 12.1. The zero-order valence-electron chi connectivity index (χ0n) is 9.62. The lowest BCUT2D eigenvalue weighted by atomic mass is 10.1. The predicted molar refractivity (Wildman–Crippen MR) is 67.7 cm³/mol. The van der Waals surface area contributed by atoms with E-state index >= 15 is 0 Å². The van der Waals surface area contributed by atoms with E-state index in [-0.39, 0.29) is 6.04 Å². The average Bonchev–Trinajstić information content (AvgIpc) is 2.41. The third kappa shape index (κ3) is 3.57. The molecule has 3 heteroatoms. The minimum Gasteiger partial charge on any atom is -0.494 e. The van der Waals surface area contributed by atoms with Crippen LogP contribution in [0, 0.1) is 0 Å². The molecule has 2 rings (SSSR count). The molecule has 0 amide bonds. The Hall–Kier alpha value is -1.87. The highest BCUT2D eigenvalue weighted by atomic mass is 16.5. The summed E-state index contributed by atoms with van der Waals surface area (Å²) < 4.78 is 5.60. The summed E-state index contributed by atoms with van der Waals surface area (Å²) in [6.07, 6.45) is 4.30. The van der Waals surface area contributed by atoms with Crippen LogP contribution in [0.15, 0.2) is 54.9 Å². The molecule has 1 aromatic heterocycles. The minimum absolute atomic E-state index is 0.00159. The van der Waals surface area contributed by atoms with Crippen molar-refractivity contribution in [2.45, 2.75) is 12.5 Å². The first kappa shape index (κ1) is 11.6. The van der Waals surface area contributed by atoms with Gasteiger partial charge in [0.2, 0.25) is 0 Å². The van der Waals surface area contributed by atoms with E-state index in [0.29, 0.717) is 6.61 Å². The molecular weight excluding hydrogens is 212 g/mol. The number of aromatic nitrogens is 1. The molecule has 0 aliphatic heterocycles. The van der Waals surface area contributed by atoms with Crippen molar-refractivity contribution in [2.75, 3.05) is 6.61 Å². The summed E-state index contributed by atoms with van der Waals surface area (Å²) in [5.41, 5.74) is 7.15. The molecule has 0 aliphatic carbocycles. The topological polar surface area (TPSA) is 48.1 Å². The van der Waals surface area contributed by atoms with Crippen LogP contribution in [-0.2, 0) is 0 Å². The molecule has 1 atom stereocenters. The van der Waals surface area contributed by atoms with E-state index in [1.807, 2.05) is 42.5 Å². The summed E-state index contributed by atoms with van der Waals surface area (Å²) in [5, 5.41) is 0. The molecule has 0 radical (unpaired) electrons. The summed E-state index contributed by atoms with van der Waals surface area (Å²) >= 11 is 0. The Bertz CT molecular complexity index is 430. The molecule has 3 nitrogen and oxygen atoms in total. The molecule has 0 saturated heterocycles. The Balaban J connectivity index is 1.79. The zero-order chi connectivity index (χ0) is 11.9. The first-order valence-electron chi connectivity index (χ1n) is 5.69. The number of benzene rings is 1. The van der Waals surface area contributed by atoms with Gasteiger partial charge in [-0.1, -0.05) is 18.2 Å². The number of pyridine rings is 1. The highest BCUT2D eigenvalue weighted by Gasteiger charge is 2.05. The fraction of sp³-hybridized carbons (Fsp3) is 0.214. The van der Waals surface area contributed by atoms with Crippen molar-refractivity contribution in [3.8, 4) is 5.75 Å². The van der Waals surface area contributed by atoms with Crippen LogP contribution in [-0.4, -0.2) is 11.6 Å². The maximum absolute atomic E-state index is 6.05. The van der Waals surface area contributed by atoms with Gasteiger partial charge in [0, 0.05) is 24.9 Å². The van der Waals surface area contributed by atoms with Crippen LogP contribution in [0.1, 0.15) is 18.0 Å². The van der Waals surface area contributed by atoms with Gasteiger partial charge < -0.3 is 10.5 Å². The number of rotatable bonds is 5. The number of hydrogen-bond acceptors (Lipinski definition) is 3. The van der Waals surface area contributed by atoms with Crippen molar-refractivity contribution < 1.29 is 4.74 Å². The van der Waals surface area contributed by atoms with E-state index in [0.717, 1.165) is 17.7 Å². The Morgan fingerprint density at radius 2 is 1.76 bits per heavy atom. The minimum atomic E-state index is 0.00159. The Kier molecular flexibility index (Phi) is 4.11. The van der Waals surface area contributed by atoms with E-state index < -0.39 is 0 Å². The quantitative estimate of drug-likeness (QED) is 0.855. The Morgan fingerprint density at radius 1 is 1.06 bits per heavy atom. The lowest BCUT2D eigenvalue weighted by Crippen LogP contribution is -2.14. The molecule has 1 heterocycles. The third-order valence-corrected chi connectivity index (χ3v) is 2.58. The second-order valence-electron chi connectivity index (χ2n) is 3.84. The highest BCUT2D eigenvalue weighted by molar-refractivity contribution is 5.21. The van der Waals surface area contributed by atoms with Gasteiger partial charge in [-0.2, -0.15) is 0 Å². The SMILES string of the molecule is NC(CCOc1ccccc1)c1ccncc1. The average molecular weight is 228 g/mol. The van der Waals surface area contributed by atoms with Crippen molar-refractivity contribution in [3.63, 3.8) is 0 Å². The molecule has 1 unspecified atom stereocenters. The lowest BCUT2D eigenvalue weighted by Gasteiger charge is -2.12. The second kappa shape index (κ2) is 6.01. The maximum Gasteiger partial charge on any atom is 0.119 e. The van der Waals surface area contributed by atoms with Gasteiger partial charge in [-0.15, -0.1) is 0 Å². The van der Waals surface area contributed by atoms with Gasteiger partial charge in [0.1, 0.15) is 5.75 Å². The largest absolute Gasteiger partial charge is 0.494 e. The van der Waals surface area contributed by atoms with Crippen LogP contribution in [0.25, 0.3) is 0 Å². The first-order valence-corrected chi connectivity index (χ1v) is 5.69. The number of nitrogens with two attached hydrogens (primary N) is 1. The van der Waals surface area contributed by atoms with Gasteiger partial charge in [0.15, 0.2) is 0 Å². The van der Waals surface area contributed by atoms with Crippen molar-refractivity contribution >= 4 is 0 Å². The summed E-state index contributed by atoms with van der Waals surface area (Å²) in [4.78, 5) is 3.97. The van der Waals surface area contributed by atoms with E-state index in [1.54, 1.807) is 12.4 Å². The van der Waals surface area contributed by atoms with Crippen molar-refractivity contribution in [1.29, 1.82) is 0 Å². The van der Waals surface area contributed by atoms with Gasteiger partial charge in [0.05, 0.1) is 6.61 Å². The number of nitrogens with zero attached hydrogens (tertiary/aromatic N) is 1. The van der Waals surface area contributed by atoms with Gasteiger partial charge in [-0.25, -0.2) is 0 Å². The van der Waals surface area contributed by atoms with Gasteiger partial charge in [-0.05, 0) is 29.8 Å². The van der Waals surface area contributed by atoms with Gasteiger partial charge in [-0.3, -0.25) is 4.98 Å². The summed E-state index contributed by atoms with van der Waals surface area (Å²) in [6.45, 7) is 0.619. The highest BCUT2D eigenvalue weighted by Crippen LogP contribution is 2.14. The molecule has 0 fully saturated rings. The van der Waals surface area contributed by atoms with Crippen LogP contribution in [0.5, 0.6) is 5.75 Å². The number of ether oxygens (including phenoxy) is 1. The number of para-hydroxylation sites is 1. The summed E-state index contributed by atoms with van der Waals surface area (Å²) in [5.74, 6) is 0.884. The van der Waals surface area contributed by atoms with E-state index in [2.05, 4.69) is 4.98 Å². The van der Waals surface area contributed by atoms with Crippen molar-refractivity contribution in [2.24, 2.45) is 5.73 Å². The Labute approximate surface area is 101 Å². The van der Waals surface area contributed by atoms with Crippen LogP contribution < -0.4 is 10.5 Å². The smallest absolute Gasteiger partial charge is 0.119 e.